The van der Waals surface area contributed by atoms with Crippen molar-refractivity contribution in [3.05, 3.63) is 0 Å². The summed E-state index contributed by atoms with van der Waals surface area (Å²) in [5, 5.41) is 11.2. The predicted octanol–water partition coefficient (Wildman–Crippen LogP) is 1.20. The minimum absolute atomic E-state index is 0.0914. The molecule has 0 aromatic heterocycles. The van der Waals surface area contributed by atoms with Crippen molar-refractivity contribution in [1.29, 1.82) is 5.26 Å². The van der Waals surface area contributed by atoms with E-state index in [-0.39, 0.29) is 17.9 Å². The first-order valence-corrected chi connectivity index (χ1v) is 4.88. The molecule has 0 heterocycles. The van der Waals surface area contributed by atoms with Gasteiger partial charge in [-0.05, 0) is 31.6 Å². The lowest BCUT2D eigenvalue weighted by molar-refractivity contribution is -0.123. The van der Waals surface area contributed by atoms with Gasteiger partial charge in [-0.2, -0.15) is 5.26 Å². The van der Waals surface area contributed by atoms with Crippen molar-refractivity contribution >= 4 is 5.91 Å². The van der Waals surface area contributed by atoms with Gasteiger partial charge >= 0.3 is 0 Å². The number of nitrogens with one attached hydrogen (secondary N) is 1. The van der Waals surface area contributed by atoms with E-state index in [4.69, 9.17) is 5.26 Å². The highest BCUT2D eigenvalue weighted by Crippen LogP contribution is 2.65. The summed E-state index contributed by atoms with van der Waals surface area (Å²) in [5.41, 5.74) is 0.374. The van der Waals surface area contributed by atoms with Crippen LogP contribution in [0.2, 0.25) is 0 Å². The second-order valence-corrected chi connectivity index (χ2v) is 4.33. The van der Waals surface area contributed by atoms with Crippen LogP contribution in [0.4, 0.5) is 0 Å². The van der Waals surface area contributed by atoms with Gasteiger partial charge in [-0.3, -0.25) is 4.79 Å². The Bertz CT molecular complexity index is 275. The molecule has 3 nitrogen and oxygen atoms in total. The summed E-state index contributed by atoms with van der Waals surface area (Å²) >= 11 is 0. The van der Waals surface area contributed by atoms with Gasteiger partial charge in [-0.15, -0.1) is 0 Å². The largest absolute Gasteiger partial charge is 0.340 e. The molecule has 0 aliphatic heterocycles. The lowest BCUT2D eigenvalue weighted by Gasteiger charge is -2.26. The second kappa shape index (κ2) is 2.73. The van der Waals surface area contributed by atoms with Crippen molar-refractivity contribution < 1.29 is 4.79 Å². The molecule has 70 valence electrons. The van der Waals surface area contributed by atoms with Crippen LogP contribution in [-0.2, 0) is 4.79 Å². The summed E-state index contributed by atoms with van der Waals surface area (Å²) in [6.45, 7) is 1.72. The Morgan fingerprint density at radius 1 is 1.69 bits per heavy atom. The zero-order chi connectivity index (χ0) is 9.47. The molecule has 2 fully saturated rings. The smallest absolute Gasteiger partial charge is 0.224 e. The molecule has 0 saturated heterocycles. The minimum atomic E-state index is -0.342. The third kappa shape index (κ3) is 1.31. The molecule has 0 aromatic rings. The zero-order valence-corrected chi connectivity index (χ0v) is 7.84. The Hall–Kier alpha value is -1.04. The summed E-state index contributed by atoms with van der Waals surface area (Å²) < 4.78 is 0. The van der Waals surface area contributed by atoms with Crippen molar-refractivity contribution in [1.82, 2.24) is 5.32 Å². The highest BCUT2D eigenvalue weighted by atomic mass is 16.2. The Balaban J connectivity index is 1.84. The molecule has 13 heavy (non-hydrogen) atoms. The van der Waals surface area contributed by atoms with Crippen LogP contribution >= 0.6 is 0 Å². The fourth-order valence-corrected chi connectivity index (χ4v) is 2.25. The van der Waals surface area contributed by atoms with Gasteiger partial charge in [0.25, 0.3) is 0 Å². The number of rotatable bonds is 2. The molecule has 0 bridgehead atoms. The van der Waals surface area contributed by atoms with E-state index in [9.17, 15) is 4.79 Å². The minimum Gasteiger partial charge on any atom is -0.340 e. The normalized spacial score (nSPS) is 30.0. The Kier molecular flexibility index (Phi) is 1.80. The number of hydrogen-bond donors (Lipinski definition) is 1. The highest BCUT2D eigenvalue weighted by Gasteiger charge is 2.60. The molecular formula is C10H14N2O. The molecule has 2 saturated carbocycles. The molecule has 1 N–H and O–H groups in total. The van der Waals surface area contributed by atoms with Crippen molar-refractivity contribution in [3.8, 4) is 6.07 Å². The monoisotopic (exact) mass is 178 g/mol. The lowest BCUT2D eigenvalue weighted by Crippen LogP contribution is -2.35. The molecule has 0 aromatic carbocycles. The average molecular weight is 178 g/mol. The van der Waals surface area contributed by atoms with Gasteiger partial charge in [0, 0.05) is 5.92 Å². The van der Waals surface area contributed by atoms with Crippen LogP contribution in [-0.4, -0.2) is 11.9 Å². The van der Waals surface area contributed by atoms with E-state index in [1.807, 2.05) is 6.07 Å². The topological polar surface area (TPSA) is 52.9 Å². The lowest BCUT2D eigenvalue weighted by atomic mass is 9.79. The van der Waals surface area contributed by atoms with E-state index in [2.05, 4.69) is 5.32 Å². The van der Waals surface area contributed by atoms with Crippen LogP contribution in [0, 0.1) is 22.7 Å². The molecule has 1 unspecified atom stereocenters. The van der Waals surface area contributed by atoms with E-state index in [1.165, 1.54) is 19.3 Å². The fourth-order valence-electron chi connectivity index (χ4n) is 2.25. The van der Waals surface area contributed by atoms with Crippen molar-refractivity contribution in [2.45, 2.75) is 38.6 Å². The molecule has 1 spiro atoms. The third-order valence-corrected chi connectivity index (χ3v) is 3.41. The molecule has 3 heteroatoms. The van der Waals surface area contributed by atoms with E-state index in [1.54, 1.807) is 6.92 Å². The maximum Gasteiger partial charge on any atom is 0.224 e. The molecule has 2 atom stereocenters. The SMILES string of the molecule is C[C@@H](C#N)NC(=O)C1CC12CCC2. The Labute approximate surface area is 78.1 Å². The molecule has 2 aliphatic rings. The Morgan fingerprint density at radius 2 is 2.38 bits per heavy atom. The van der Waals surface area contributed by atoms with Crippen LogP contribution < -0.4 is 5.32 Å². The molecule has 2 rings (SSSR count). The molecule has 0 radical (unpaired) electrons. The van der Waals surface area contributed by atoms with E-state index >= 15 is 0 Å². The predicted molar refractivity (Wildman–Crippen MR) is 47.6 cm³/mol. The number of nitrogens with zero attached hydrogens (tertiary/aromatic N) is 1. The van der Waals surface area contributed by atoms with Gasteiger partial charge in [0.05, 0.1) is 6.07 Å². The average Bonchev–Trinajstić information content (AvgIpc) is 2.77. The highest BCUT2D eigenvalue weighted by molar-refractivity contribution is 5.83. The fraction of sp³-hybridized carbons (Fsp3) is 0.800. The van der Waals surface area contributed by atoms with Gasteiger partial charge in [0.1, 0.15) is 6.04 Å². The maximum absolute atomic E-state index is 11.5. The van der Waals surface area contributed by atoms with E-state index in [0.29, 0.717) is 5.41 Å². The third-order valence-electron chi connectivity index (χ3n) is 3.41. The molecule has 1 amide bonds. The standard InChI is InChI=1S/C10H14N2O/c1-7(6-11)12-9(13)8-5-10(8)3-2-4-10/h7-8H,2-5H2,1H3,(H,12,13)/t7-,8?/m0/s1. The first-order valence-electron chi connectivity index (χ1n) is 4.88. The number of amides is 1. The van der Waals surface area contributed by atoms with Crippen LogP contribution in [0.5, 0.6) is 0 Å². The maximum atomic E-state index is 11.5. The number of hydrogen-bond acceptors (Lipinski definition) is 2. The van der Waals surface area contributed by atoms with Crippen molar-refractivity contribution in [2.24, 2.45) is 11.3 Å². The van der Waals surface area contributed by atoms with Crippen LogP contribution in [0.15, 0.2) is 0 Å². The van der Waals surface area contributed by atoms with Crippen LogP contribution in [0.3, 0.4) is 0 Å². The first kappa shape index (κ1) is 8.55. The van der Waals surface area contributed by atoms with Crippen molar-refractivity contribution in [3.63, 3.8) is 0 Å². The first-order chi connectivity index (χ1) is 6.18. The van der Waals surface area contributed by atoms with Gasteiger partial charge in [-0.25, -0.2) is 0 Å². The summed E-state index contributed by atoms with van der Waals surface area (Å²) in [6.07, 6.45) is 4.76. The Morgan fingerprint density at radius 3 is 2.77 bits per heavy atom. The number of carbonyl (C=O) groups excluding carboxylic acids is 1. The molecular weight excluding hydrogens is 164 g/mol. The molecule has 2 aliphatic carbocycles. The van der Waals surface area contributed by atoms with Gasteiger partial charge < -0.3 is 5.32 Å². The summed E-state index contributed by atoms with van der Waals surface area (Å²) in [6, 6.07) is 1.67. The van der Waals surface area contributed by atoms with Crippen LogP contribution in [0.1, 0.15) is 32.6 Å². The van der Waals surface area contributed by atoms with E-state index in [0.717, 1.165) is 6.42 Å². The van der Waals surface area contributed by atoms with E-state index < -0.39 is 0 Å². The van der Waals surface area contributed by atoms with Gasteiger partial charge in [-0.1, -0.05) is 6.42 Å². The van der Waals surface area contributed by atoms with Crippen molar-refractivity contribution in [2.75, 3.05) is 0 Å². The number of nitriles is 1. The number of carbonyl (C=O) groups is 1. The van der Waals surface area contributed by atoms with Gasteiger partial charge in [0.2, 0.25) is 5.91 Å². The van der Waals surface area contributed by atoms with Crippen LogP contribution in [0.25, 0.3) is 0 Å². The second-order valence-electron chi connectivity index (χ2n) is 4.33. The summed E-state index contributed by atoms with van der Waals surface area (Å²) in [5.74, 6) is 0.311. The van der Waals surface area contributed by atoms with Gasteiger partial charge in [0.15, 0.2) is 0 Å². The zero-order valence-electron chi connectivity index (χ0n) is 7.84. The summed E-state index contributed by atoms with van der Waals surface area (Å²) in [7, 11) is 0. The quantitative estimate of drug-likeness (QED) is 0.690. The summed E-state index contributed by atoms with van der Waals surface area (Å²) in [4.78, 5) is 11.5.